The van der Waals surface area contributed by atoms with E-state index in [4.69, 9.17) is 9.15 Å². The van der Waals surface area contributed by atoms with Crippen LogP contribution >= 0.6 is 0 Å². The van der Waals surface area contributed by atoms with E-state index in [0.29, 0.717) is 22.9 Å². The predicted octanol–water partition coefficient (Wildman–Crippen LogP) is 4.03. The molecule has 2 aromatic heterocycles. The van der Waals surface area contributed by atoms with Crippen molar-refractivity contribution in [1.82, 2.24) is 14.9 Å². The van der Waals surface area contributed by atoms with Gasteiger partial charge in [0, 0.05) is 48.3 Å². The molecule has 2 amide bonds. The van der Waals surface area contributed by atoms with Crippen LogP contribution < -0.4 is 25.7 Å². The normalized spacial score (nSPS) is 16.9. The molecule has 9 heteroatoms. The number of ether oxygens (including phenoxy) is 1. The summed E-state index contributed by atoms with van der Waals surface area (Å²) in [4.78, 5) is 26.3. The van der Waals surface area contributed by atoms with Gasteiger partial charge in [-0.2, -0.15) is 0 Å². The molecule has 4 aromatic rings. The van der Waals surface area contributed by atoms with Crippen LogP contribution in [0.15, 0.2) is 47.0 Å². The first-order valence-corrected chi connectivity index (χ1v) is 13.6. The zero-order chi connectivity index (χ0) is 28.0. The van der Waals surface area contributed by atoms with E-state index in [0.717, 1.165) is 77.4 Å². The zero-order valence-electron chi connectivity index (χ0n) is 23.0. The topological polar surface area (TPSA) is 104 Å². The Morgan fingerprint density at radius 2 is 1.93 bits per heavy atom. The number of carbonyl (C=O) groups excluding carboxylic acids is 1. The molecular formula is C31H33N5O4. The van der Waals surface area contributed by atoms with E-state index in [9.17, 15) is 9.90 Å². The molecule has 6 rings (SSSR count). The molecule has 1 saturated heterocycles. The molecule has 2 aromatic carbocycles. The van der Waals surface area contributed by atoms with E-state index >= 15 is 0 Å². The van der Waals surface area contributed by atoms with Crippen LogP contribution in [-0.2, 0) is 6.42 Å². The summed E-state index contributed by atoms with van der Waals surface area (Å²) in [6.45, 7) is 9.85. The first-order chi connectivity index (χ1) is 19.3. The number of hydrogen-bond donors (Lipinski definition) is 2. The van der Waals surface area contributed by atoms with Crippen molar-refractivity contribution in [1.29, 1.82) is 0 Å². The second-order valence-corrected chi connectivity index (χ2v) is 10.6. The summed E-state index contributed by atoms with van der Waals surface area (Å²) in [7, 11) is 1.65. The number of piperidine rings is 1. The molecule has 2 aliphatic heterocycles. The largest absolute Gasteiger partial charge is 0.507 e. The number of nitrogens with one attached hydrogen (secondary N) is 1. The molecule has 0 unspecified atom stereocenters. The van der Waals surface area contributed by atoms with Crippen molar-refractivity contribution in [3.63, 3.8) is 0 Å². The number of benzene rings is 2. The highest BCUT2D eigenvalue weighted by molar-refractivity contribution is 5.91. The van der Waals surface area contributed by atoms with Crippen LogP contribution in [0.4, 0.5) is 16.3 Å². The third-order valence-electron chi connectivity index (χ3n) is 8.01. The maximum atomic E-state index is 13.1. The Bertz CT molecular complexity index is 1720. The minimum Gasteiger partial charge on any atom is -0.507 e. The highest BCUT2D eigenvalue weighted by Crippen LogP contribution is 2.29. The first-order valence-electron chi connectivity index (χ1n) is 13.6. The number of fused-ring (bicyclic) bond motifs is 2. The number of urea groups is 1. The number of pyridine rings is 1. The lowest BCUT2D eigenvalue weighted by molar-refractivity contribution is 0.177. The predicted molar refractivity (Wildman–Crippen MR) is 155 cm³/mol. The molecule has 4 heterocycles. The van der Waals surface area contributed by atoms with Crippen LogP contribution in [-0.4, -0.2) is 58.8 Å². The summed E-state index contributed by atoms with van der Waals surface area (Å²) in [5.74, 6) is 1.77. The van der Waals surface area contributed by atoms with Gasteiger partial charge >= 0.3 is 6.03 Å². The summed E-state index contributed by atoms with van der Waals surface area (Å²) in [5.41, 5.74) is 6.14. The third kappa shape index (κ3) is 4.72. The first kappa shape index (κ1) is 25.7. The minimum absolute atomic E-state index is 0.0531. The third-order valence-corrected chi connectivity index (χ3v) is 8.01. The molecule has 0 spiro atoms. The number of hydrogen-bond acceptors (Lipinski definition) is 7. The summed E-state index contributed by atoms with van der Waals surface area (Å²) in [6, 6.07) is 11.5. The number of oxazole rings is 1. The summed E-state index contributed by atoms with van der Waals surface area (Å²) < 4.78 is 11.0. The van der Waals surface area contributed by atoms with E-state index < -0.39 is 0 Å². The Kier molecular flexibility index (Phi) is 6.57. The lowest BCUT2D eigenvalue weighted by atomic mass is 10.0. The second kappa shape index (κ2) is 10.2. The van der Waals surface area contributed by atoms with Crippen LogP contribution in [0, 0.1) is 13.8 Å². The van der Waals surface area contributed by atoms with E-state index in [1.54, 1.807) is 19.4 Å². The van der Waals surface area contributed by atoms with Gasteiger partial charge in [0.05, 0.1) is 7.11 Å². The fraction of sp³-hybridized carbons (Fsp3) is 0.323. The van der Waals surface area contributed by atoms with Gasteiger partial charge in [0.2, 0.25) is 5.55 Å². The van der Waals surface area contributed by atoms with Gasteiger partial charge < -0.3 is 29.4 Å². The average molecular weight is 540 g/mol. The Hall–Kier alpha value is -4.53. The Labute approximate surface area is 232 Å². The number of anilines is 2. The molecule has 2 aliphatic rings. The van der Waals surface area contributed by atoms with Crippen molar-refractivity contribution in [2.75, 3.05) is 37.0 Å². The fourth-order valence-electron chi connectivity index (χ4n) is 5.79. The number of amides is 2. The van der Waals surface area contributed by atoms with Crippen LogP contribution in [0.5, 0.6) is 5.75 Å². The molecule has 0 aliphatic carbocycles. The van der Waals surface area contributed by atoms with Gasteiger partial charge in [-0.25, -0.2) is 14.8 Å². The maximum absolute atomic E-state index is 13.1. The fourth-order valence-corrected chi connectivity index (χ4v) is 5.79. The Morgan fingerprint density at radius 1 is 1.12 bits per heavy atom. The van der Waals surface area contributed by atoms with Crippen molar-refractivity contribution < 1.29 is 19.1 Å². The monoisotopic (exact) mass is 539 g/mol. The average Bonchev–Trinajstić information content (AvgIpc) is 3.26. The Morgan fingerprint density at radius 3 is 2.70 bits per heavy atom. The van der Waals surface area contributed by atoms with Crippen LogP contribution in [0.2, 0.25) is 0 Å². The number of aromatic nitrogens is 2. The molecule has 0 saturated carbocycles. The standard InChI is InChI=1S/C31H33N5O4/c1-18-13-22(15-27-29(18)33-20(3)40-27)30(37)25-16-28(32-17-19(25)2)35-10-8-23(9-11-35)36-12-7-21-14-24(39-4)5-6-26(21)34-31(36)38/h5-6,13-17,23,37H,3,7-12H2,1-2,4H3,(H,34,38). The van der Waals surface area contributed by atoms with Crippen molar-refractivity contribution >= 4 is 41.0 Å². The molecular weight excluding hydrogens is 506 g/mol. The molecule has 2 N–H and O–H groups in total. The van der Waals surface area contributed by atoms with Crippen molar-refractivity contribution in [2.24, 2.45) is 0 Å². The number of aryl methyl sites for hydroxylation is 2. The Balaban J connectivity index is 1.19. The number of rotatable bonds is 4. The second-order valence-electron chi connectivity index (χ2n) is 10.6. The summed E-state index contributed by atoms with van der Waals surface area (Å²) in [6.07, 6.45) is 4.25. The van der Waals surface area contributed by atoms with Crippen LogP contribution in [0.1, 0.15) is 35.1 Å². The van der Waals surface area contributed by atoms with Gasteiger partial charge in [-0.1, -0.05) is 0 Å². The van der Waals surface area contributed by atoms with Crippen LogP contribution in [0.25, 0.3) is 23.4 Å². The van der Waals surface area contributed by atoms with Gasteiger partial charge in [0.1, 0.15) is 22.8 Å². The van der Waals surface area contributed by atoms with Gasteiger partial charge in [-0.3, -0.25) is 0 Å². The van der Waals surface area contributed by atoms with E-state index in [1.807, 2.05) is 49.1 Å². The molecule has 9 nitrogen and oxygen atoms in total. The van der Waals surface area contributed by atoms with Crippen molar-refractivity contribution in [3.8, 4) is 5.75 Å². The molecule has 0 atom stereocenters. The summed E-state index contributed by atoms with van der Waals surface area (Å²) >= 11 is 0. The lowest BCUT2D eigenvalue weighted by Crippen LogP contribution is -2.49. The number of aliphatic hydroxyl groups excluding tert-OH is 1. The SMILES string of the molecule is C=c1nc2c(C)cc(=C(O)c3cc(N4CCC(N5CCc6cc(OC)ccc6NC5=O)CC4)ncc3C)cc2o1. The van der Waals surface area contributed by atoms with Crippen LogP contribution in [0.3, 0.4) is 0 Å². The molecule has 1 fully saturated rings. The molecule has 0 bridgehead atoms. The van der Waals surface area contributed by atoms with E-state index in [-0.39, 0.29) is 17.8 Å². The quantitative estimate of drug-likeness (QED) is 0.404. The smallest absolute Gasteiger partial charge is 0.322 e. The molecule has 206 valence electrons. The molecule has 0 radical (unpaired) electrons. The number of methoxy groups -OCH3 is 1. The highest BCUT2D eigenvalue weighted by Gasteiger charge is 2.30. The summed E-state index contributed by atoms with van der Waals surface area (Å²) in [5, 5.41) is 15.0. The maximum Gasteiger partial charge on any atom is 0.322 e. The number of nitrogens with zero attached hydrogens (tertiary/aromatic N) is 4. The zero-order valence-corrected chi connectivity index (χ0v) is 23.0. The van der Waals surface area contributed by atoms with Gasteiger partial charge in [-0.15, -0.1) is 0 Å². The van der Waals surface area contributed by atoms with Gasteiger partial charge in [0.15, 0.2) is 5.58 Å². The van der Waals surface area contributed by atoms with Crippen molar-refractivity contribution in [2.45, 2.75) is 39.2 Å². The van der Waals surface area contributed by atoms with Crippen molar-refractivity contribution in [3.05, 3.63) is 75.6 Å². The highest BCUT2D eigenvalue weighted by atomic mass is 16.5. The lowest BCUT2D eigenvalue weighted by Gasteiger charge is -2.38. The number of carbonyl (C=O) groups is 1. The van der Waals surface area contributed by atoms with Gasteiger partial charge in [0.25, 0.3) is 0 Å². The molecule has 40 heavy (non-hydrogen) atoms. The van der Waals surface area contributed by atoms with E-state index in [2.05, 4.69) is 26.8 Å². The van der Waals surface area contributed by atoms with Gasteiger partial charge in [-0.05, 0) is 92.8 Å². The number of aliphatic hydroxyl groups is 1. The minimum atomic E-state index is -0.0531. The van der Waals surface area contributed by atoms with E-state index in [1.165, 1.54) is 0 Å².